The highest BCUT2D eigenvalue weighted by Crippen LogP contribution is 2.41. The highest BCUT2D eigenvalue weighted by molar-refractivity contribution is 6.74. The van der Waals surface area contributed by atoms with Crippen molar-refractivity contribution in [1.82, 2.24) is 9.55 Å². The van der Waals surface area contributed by atoms with Crippen LogP contribution in [0.1, 0.15) is 39.8 Å². The fourth-order valence-electron chi connectivity index (χ4n) is 2.89. The molecule has 0 aromatic carbocycles. The van der Waals surface area contributed by atoms with Crippen molar-refractivity contribution in [3.05, 3.63) is 38.3 Å². The fraction of sp³-hybridized carbons (Fsp3) is 0.722. The van der Waals surface area contributed by atoms with Crippen LogP contribution in [0.5, 0.6) is 0 Å². The molecule has 0 aliphatic carbocycles. The van der Waals surface area contributed by atoms with Gasteiger partial charge in [0.05, 0.1) is 6.61 Å². The van der Waals surface area contributed by atoms with E-state index in [1.54, 1.807) is 0 Å². The number of rotatable bonds is 7. The van der Waals surface area contributed by atoms with E-state index in [4.69, 9.17) is 9.16 Å². The SMILES string of the molecule is C=[N+]([O-])CC[C@@]1(O)C[C@H](n2ccc(=O)[nH]c2=O)O[C@@H]1CO[Si](C)(C)C(C)(C)C. The number of H-pyrrole nitrogens is 1. The largest absolute Gasteiger partial charge is 0.624 e. The second-order valence-corrected chi connectivity index (χ2v) is 13.7. The molecule has 10 heteroatoms. The van der Waals surface area contributed by atoms with Gasteiger partial charge in [-0.1, -0.05) is 20.8 Å². The van der Waals surface area contributed by atoms with Gasteiger partial charge in [-0.25, -0.2) is 9.53 Å². The van der Waals surface area contributed by atoms with Crippen LogP contribution in [0.3, 0.4) is 0 Å². The minimum absolute atomic E-state index is 0.0157. The summed E-state index contributed by atoms with van der Waals surface area (Å²) in [5, 5.41) is 22.5. The van der Waals surface area contributed by atoms with Gasteiger partial charge in [0, 0.05) is 25.1 Å². The molecule has 0 radical (unpaired) electrons. The summed E-state index contributed by atoms with van der Waals surface area (Å²) in [6.45, 7) is 14.0. The van der Waals surface area contributed by atoms with E-state index < -0.39 is 37.5 Å². The Morgan fingerprint density at radius 2 is 2.14 bits per heavy atom. The summed E-state index contributed by atoms with van der Waals surface area (Å²) < 4.78 is 13.9. The number of aromatic amines is 1. The monoisotopic (exact) mass is 413 g/mol. The molecule has 3 atom stereocenters. The standard InChI is InChI=1S/C18H31N3O6Si/c1-17(2,3)28(5,6)26-12-13-18(24,8-10-20(4)25)11-15(27-13)21-9-7-14(22)19-16(21)23/h7,9,13,15,24H,4,8,10-12H2,1-3,5-6H3,(H,19,22,23)/t13-,15-,18-/m1/s1. The number of hydrogen-bond acceptors (Lipinski definition) is 6. The molecule has 1 aliphatic heterocycles. The Morgan fingerprint density at radius 3 is 2.68 bits per heavy atom. The summed E-state index contributed by atoms with van der Waals surface area (Å²) in [7, 11) is -2.09. The van der Waals surface area contributed by atoms with E-state index in [2.05, 4.69) is 45.6 Å². The Morgan fingerprint density at radius 1 is 1.50 bits per heavy atom. The molecule has 2 rings (SSSR count). The first-order valence-corrected chi connectivity index (χ1v) is 12.2. The molecule has 2 heterocycles. The molecular formula is C18H31N3O6Si. The van der Waals surface area contributed by atoms with Gasteiger partial charge in [-0.3, -0.25) is 14.3 Å². The van der Waals surface area contributed by atoms with Crippen molar-refractivity contribution < 1.29 is 19.0 Å². The van der Waals surface area contributed by atoms with Crippen molar-refractivity contribution in [3.63, 3.8) is 0 Å². The van der Waals surface area contributed by atoms with Crippen molar-refractivity contribution in [2.45, 2.75) is 69.7 Å². The Balaban J connectivity index is 2.25. The molecule has 0 amide bonds. The zero-order chi connectivity index (χ0) is 21.3. The maximum atomic E-state index is 12.1. The van der Waals surface area contributed by atoms with Crippen molar-refractivity contribution in [3.8, 4) is 0 Å². The van der Waals surface area contributed by atoms with Gasteiger partial charge in [-0.2, -0.15) is 0 Å². The first-order valence-electron chi connectivity index (χ1n) is 9.34. The molecule has 0 bridgehead atoms. The first-order chi connectivity index (χ1) is 12.7. The zero-order valence-electron chi connectivity index (χ0n) is 17.2. The first kappa shape index (κ1) is 22.5. The molecule has 0 unspecified atom stereocenters. The van der Waals surface area contributed by atoms with Gasteiger partial charge in [-0.15, -0.1) is 0 Å². The van der Waals surface area contributed by atoms with Crippen molar-refractivity contribution >= 4 is 15.0 Å². The molecule has 1 fully saturated rings. The van der Waals surface area contributed by atoms with Crippen LogP contribution < -0.4 is 11.2 Å². The summed E-state index contributed by atoms with van der Waals surface area (Å²) in [6, 6.07) is 1.22. The van der Waals surface area contributed by atoms with Gasteiger partial charge >= 0.3 is 5.69 Å². The van der Waals surface area contributed by atoms with E-state index in [1.165, 1.54) is 16.8 Å². The van der Waals surface area contributed by atoms with Crippen LogP contribution in [0.25, 0.3) is 0 Å². The fourth-order valence-corrected chi connectivity index (χ4v) is 3.89. The van der Waals surface area contributed by atoms with Crippen LogP contribution >= 0.6 is 0 Å². The number of hydroxylamine groups is 1. The van der Waals surface area contributed by atoms with Gasteiger partial charge in [0.2, 0.25) is 0 Å². The molecule has 0 spiro atoms. The van der Waals surface area contributed by atoms with Gasteiger partial charge < -0.3 is 19.5 Å². The summed E-state index contributed by atoms with van der Waals surface area (Å²) in [4.78, 5) is 25.6. The van der Waals surface area contributed by atoms with Crippen LogP contribution in [0.4, 0.5) is 0 Å². The highest BCUT2D eigenvalue weighted by atomic mass is 28.4. The summed E-state index contributed by atoms with van der Waals surface area (Å²) in [6.07, 6.45) is 0.0703. The third kappa shape index (κ3) is 4.99. The molecule has 158 valence electrons. The molecule has 2 N–H and O–H groups in total. The Bertz CT molecular complexity index is 828. The highest BCUT2D eigenvalue weighted by Gasteiger charge is 2.50. The zero-order valence-corrected chi connectivity index (χ0v) is 18.2. The molecule has 0 saturated carbocycles. The normalized spacial score (nSPS) is 25.8. The third-order valence-corrected chi connectivity index (χ3v) is 10.3. The lowest BCUT2D eigenvalue weighted by Gasteiger charge is -2.38. The quantitative estimate of drug-likeness (QED) is 0.228. The van der Waals surface area contributed by atoms with Gasteiger partial charge in [0.25, 0.3) is 5.56 Å². The molecule has 28 heavy (non-hydrogen) atoms. The van der Waals surface area contributed by atoms with E-state index in [0.717, 1.165) is 0 Å². The average molecular weight is 414 g/mol. The summed E-state index contributed by atoms with van der Waals surface area (Å²) in [5.41, 5.74) is -2.48. The maximum Gasteiger partial charge on any atom is 0.330 e. The maximum absolute atomic E-state index is 12.1. The predicted octanol–water partition coefficient (Wildman–Crippen LogP) is 1.18. The van der Waals surface area contributed by atoms with Gasteiger partial charge in [0.15, 0.2) is 14.9 Å². The van der Waals surface area contributed by atoms with Crippen LogP contribution in [-0.4, -0.2) is 59.3 Å². The van der Waals surface area contributed by atoms with Crippen molar-refractivity contribution in [2.24, 2.45) is 0 Å². The Labute approximate surface area is 165 Å². The lowest BCUT2D eigenvalue weighted by Crippen LogP contribution is -2.48. The molecule has 1 saturated heterocycles. The number of nitrogens with zero attached hydrogens (tertiary/aromatic N) is 2. The number of aliphatic hydroxyl groups is 1. The number of nitrogens with one attached hydrogen (secondary N) is 1. The molecule has 1 aliphatic rings. The van der Waals surface area contributed by atoms with E-state index in [-0.39, 0.29) is 31.0 Å². The Kier molecular flexibility index (Phi) is 6.39. The molecule has 9 nitrogen and oxygen atoms in total. The smallest absolute Gasteiger partial charge is 0.330 e. The van der Waals surface area contributed by atoms with Gasteiger partial charge in [0.1, 0.15) is 24.7 Å². The third-order valence-electron chi connectivity index (χ3n) is 5.81. The number of hydrogen-bond donors (Lipinski definition) is 2. The van der Waals surface area contributed by atoms with Crippen molar-refractivity contribution in [1.29, 1.82) is 0 Å². The summed E-state index contributed by atoms with van der Waals surface area (Å²) in [5.74, 6) is 0. The number of ether oxygens (including phenoxy) is 1. The van der Waals surface area contributed by atoms with Crippen molar-refractivity contribution in [2.75, 3.05) is 13.2 Å². The Hall–Kier alpha value is -1.75. The van der Waals surface area contributed by atoms with E-state index in [0.29, 0.717) is 4.74 Å². The van der Waals surface area contributed by atoms with E-state index >= 15 is 0 Å². The van der Waals surface area contributed by atoms with Crippen LogP contribution in [0.15, 0.2) is 21.9 Å². The van der Waals surface area contributed by atoms with Gasteiger partial charge in [-0.05, 0) is 18.1 Å². The van der Waals surface area contributed by atoms with Crippen LogP contribution in [-0.2, 0) is 9.16 Å². The minimum atomic E-state index is -2.09. The number of aromatic nitrogens is 2. The topological polar surface area (TPSA) is 120 Å². The minimum Gasteiger partial charge on any atom is -0.624 e. The summed E-state index contributed by atoms with van der Waals surface area (Å²) >= 11 is 0. The molecule has 1 aromatic rings. The average Bonchev–Trinajstić information content (AvgIpc) is 2.87. The predicted molar refractivity (Wildman–Crippen MR) is 108 cm³/mol. The lowest BCUT2D eigenvalue weighted by atomic mass is 9.91. The molecule has 1 aromatic heterocycles. The second kappa shape index (κ2) is 7.94. The van der Waals surface area contributed by atoms with Crippen LogP contribution in [0, 0.1) is 5.21 Å². The lowest BCUT2D eigenvalue weighted by molar-refractivity contribution is -0.453. The molecular weight excluding hydrogens is 382 g/mol. The van der Waals surface area contributed by atoms with E-state index in [9.17, 15) is 19.9 Å². The van der Waals surface area contributed by atoms with E-state index in [1.807, 2.05) is 0 Å². The second-order valence-electron chi connectivity index (χ2n) is 8.93. The van der Waals surface area contributed by atoms with Crippen LogP contribution in [0.2, 0.25) is 18.1 Å².